The van der Waals surface area contributed by atoms with Gasteiger partial charge in [-0.05, 0) is 32.4 Å². The molecule has 1 aromatic carbocycles. The van der Waals surface area contributed by atoms with E-state index in [0.29, 0.717) is 11.5 Å². The largest absolute Gasteiger partial charge is 0.381 e. The van der Waals surface area contributed by atoms with E-state index in [1.165, 1.54) is 18.4 Å². The summed E-state index contributed by atoms with van der Waals surface area (Å²) in [5, 5.41) is 3.58. The molecule has 5 heteroatoms. The van der Waals surface area contributed by atoms with Gasteiger partial charge in [0.15, 0.2) is 5.96 Å². The van der Waals surface area contributed by atoms with Gasteiger partial charge in [0.05, 0.1) is 6.61 Å². The van der Waals surface area contributed by atoms with Crippen LogP contribution in [0.2, 0.25) is 0 Å². The third-order valence-corrected chi connectivity index (χ3v) is 5.72. The predicted octanol–water partition coefficient (Wildman–Crippen LogP) is 2.19. The molecule has 0 radical (unpaired) electrons. The molecule has 0 amide bonds. The molecule has 25 heavy (non-hydrogen) atoms. The van der Waals surface area contributed by atoms with Gasteiger partial charge >= 0.3 is 0 Å². The second kappa shape index (κ2) is 8.19. The van der Waals surface area contributed by atoms with Crippen LogP contribution < -0.4 is 5.32 Å². The summed E-state index contributed by atoms with van der Waals surface area (Å²) in [6.07, 6.45) is 2.41. The monoisotopic (exact) mass is 344 g/mol. The number of likely N-dealkylation sites (N-methyl/N-ethyl adjacent to an activating group) is 1. The van der Waals surface area contributed by atoms with Crippen LogP contribution in [0.15, 0.2) is 35.3 Å². The molecule has 5 nitrogen and oxygen atoms in total. The summed E-state index contributed by atoms with van der Waals surface area (Å²) >= 11 is 0. The Morgan fingerprint density at radius 3 is 2.84 bits per heavy atom. The minimum Gasteiger partial charge on any atom is -0.381 e. The van der Waals surface area contributed by atoms with Crippen LogP contribution in [0.25, 0.3) is 0 Å². The van der Waals surface area contributed by atoms with Crippen molar-refractivity contribution in [1.82, 2.24) is 15.1 Å². The minimum atomic E-state index is 0.368. The third-order valence-electron chi connectivity index (χ3n) is 5.72. The van der Waals surface area contributed by atoms with E-state index in [0.717, 1.165) is 45.4 Å². The molecule has 2 aliphatic heterocycles. The molecule has 2 unspecified atom stereocenters. The van der Waals surface area contributed by atoms with E-state index in [4.69, 9.17) is 4.74 Å². The maximum absolute atomic E-state index is 5.64. The molecular weight excluding hydrogens is 312 g/mol. The fraction of sp³-hybridized carbons (Fsp3) is 0.650. The van der Waals surface area contributed by atoms with Gasteiger partial charge in [0.25, 0.3) is 0 Å². The van der Waals surface area contributed by atoms with Gasteiger partial charge in [-0.1, -0.05) is 30.3 Å². The van der Waals surface area contributed by atoms with Gasteiger partial charge in [-0.15, -0.1) is 0 Å². The number of aliphatic imine (C=N–C) groups is 1. The van der Waals surface area contributed by atoms with Gasteiger partial charge in [-0.3, -0.25) is 9.89 Å². The lowest BCUT2D eigenvalue weighted by atomic mass is 9.87. The number of likely N-dealkylation sites (tertiary alicyclic amines) is 1. The van der Waals surface area contributed by atoms with Crippen LogP contribution in [-0.4, -0.2) is 68.7 Å². The van der Waals surface area contributed by atoms with Crippen molar-refractivity contribution in [3.63, 3.8) is 0 Å². The predicted molar refractivity (Wildman–Crippen MR) is 103 cm³/mol. The summed E-state index contributed by atoms with van der Waals surface area (Å²) in [6.45, 7) is 8.11. The molecule has 2 heterocycles. The Balaban J connectivity index is 1.47. The zero-order valence-electron chi connectivity index (χ0n) is 15.9. The number of nitrogens with one attached hydrogen (secondary N) is 1. The molecule has 0 saturated carbocycles. The number of guanidine groups is 1. The molecule has 138 valence electrons. The van der Waals surface area contributed by atoms with Gasteiger partial charge in [0.1, 0.15) is 0 Å². The Labute approximate surface area is 152 Å². The van der Waals surface area contributed by atoms with E-state index in [2.05, 4.69) is 64.4 Å². The second-order valence-corrected chi connectivity index (χ2v) is 7.65. The average molecular weight is 345 g/mol. The summed E-state index contributed by atoms with van der Waals surface area (Å²) in [4.78, 5) is 9.29. The van der Waals surface area contributed by atoms with E-state index in [-0.39, 0.29) is 0 Å². The third kappa shape index (κ3) is 4.53. The minimum absolute atomic E-state index is 0.368. The number of hydrogen-bond donors (Lipinski definition) is 1. The SMILES string of the molecule is CN=C(NCC(C)N(C)Cc1ccccc1)N1CCC2(CCOC2)C1. The molecule has 3 rings (SSSR count). The molecule has 2 saturated heterocycles. The van der Waals surface area contributed by atoms with Crippen molar-refractivity contribution in [1.29, 1.82) is 0 Å². The first-order valence-electron chi connectivity index (χ1n) is 9.39. The smallest absolute Gasteiger partial charge is 0.193 e. The van der Waals surface area contributed by atoms with Crippen LogP contribution >= 0.6 is 0 Å². The van der Waals surface area contributed by atoms with Crippen molar-refractivity contribution in [2.24, 2.45) is 10.4 Å². The van der Waals surface area contributed by atoms with Crippen LogP contribution in [0.5, 0.6) is 0 Å². The second-order valence-electron chi connectivity index (χ2n) is 7.65. The van der Waals surface area contributed by atoms with Crippen LogP contribution in [0.1, 0.15) is 25.3 Å². The van der Waals surface area contributed by atoms with E-state index < -0.39 is 0 Å². The van der Waals surface area contributed by atoms with Gasteiger partial charge in [-0.2, -0.15) is 0 Å². The Morgan fingerprint density at radius 2 is 2.16 bits per heavy atom. The molecule has 2 fully saturated rings. The molecule has 1 N–H and O–H groups in total. The van der Waals surface area contributed by atoms with Gasteiger partial charge in [-0.25, -0.2) is 0 Å². The van der Waals surface area contributed by atoms with Gasteiger partial charge in [0, 0.05) is 51.3 Å². The fourth-order valence-corrected chi connectivity index (χ4v) is 3.84. The lowest BCUT2D eigenvalue weighted by molar-refractivity contribution is 0.156. The summed E-state index contributed by atoms with van der Waals surface area (Å²) in [5.74, 6) is 1.03. The maximum atomic E-state index is 5.64. The van der Waals surface area contributed by atoms with Crippen LogP contribution in [-0.2, 0) is 11.3 Å². The van der Waals surface area contributed by atoms with E-state index >= 15 is 0 Å². The number of rotatable bonds is 5. The fourth-order valence-electron chi connectivity index (χ4n) is 3.84. The lowest BCUT2D eigenvalue weighted by Crippen LogP contribution is -2.46. The highest BCUT2D eigenvalue weighted by Gasteiger charge is 2.42. The number of nitrogens with zero attached hydrogens (tertiary/aromatic N) is 3. The summed E-state index contributed by atoms with van der Waals surface area (Å²) in [5.41, 5.74) is 1.72. The van der Waals surface area contributed by atoms with Gasteiger partial charge < -0.3 is 15.0 Å². The first kappa shape index (κ1) is 18.2. The molecular formula is C20H32N4O. The Morgan fingerprint density at radius 1 is 1.36 bits per heavy atom. The molecule has 1 aromatic rings. The summed E-state index contributed by atoms with van der Waals surface area (Å²) in [7, 11) is 4.07. The van der Waals surface area contributed by atoms with Crippen molar-refractivity contribution < 1.29 is 4.74 Å². The molecule has 2 aliphatic rings. The zero-order valence-corrected chi connectivity index (χ0v) is 15.9. The Kier molecular flexibility index (Phi) is 5.97. The van der Waals surface area contributed by atoms with Crippen LogP contribution in [0.4, 0.5) is 0 Å². The summed E-state index contributed by atoms with van der Waals surface area (Å²) < 4.78 is 5.64. The van der Waals surface area contributed by atoms with E-state index in [1.807, 2.05) is 7.05 Å². The Bertz CT molecular complexity index is 568. The van der Waals surface area contributed by atoms with Crippen LogP contribution in [0, 0.1) is 5.41 Å². The van der Waals surface area contributed by atoms with Crippen LogP contribution in [0.3, 0.4) is 0 Å². The molecule has 0 aromatic heterocycles. The highest BCUT2D eigenvalue weighted by Crippen LogP contribution is 2.38. The molecule has 0 aliphatic carbocycles. The van der Waals surface area contributed by atoms with Crippen molar-refractivity contribution in [3.8, 4) is 0 Å². The van der Waals surface area contributed by atoms with E-state index in [1.54, 1.807) is 0 Å². The normalized spacial score (nSPS) is 25.1. The highest BCUT2D eigenvalue weighted by molar-refractivity contribution is 5.80. The average Bonchev–Trinajstić information content (AvgIpc) is 3.26. The van der Waals surface area contributed by atoms with E-state index in [9.17, 15) is 0 Å². The first-order valence-corrected chi connectivity index (χ1v) is 9.39. The van der Waals surface area contributed by atoms with Crippen molar-refractivity contribution in [2.75, 3.05) is 46.9 Å². The highest BCUT2D eigenvalue weighted by atomic mass is 16.5. The standard InChI is InChI=1S/C20H32N4O/c1-17(23(3)14-18-7-5-4-6-8-18)13-22-19(21-2)24-11-9-20(15-24)10-12-25-16-20/h4-8,17H,9-16H2,1-3H3,(H,21,22). The number of ether oxygens (including phenoxy) is 1. The quantitative estimate of drug-likeness (QED) is 0.657. The zero-order chi connectivity index (χ0) is 17.7. The topological polar surface area (TPSA) is 40.1 Å². The Hall–Kier alpha value is -1.59. The first-order chi connectivity index (χ1) is 12.1. The lowest BCUT2D eigenvalue weighted by Gasteiger charge is -2.29. The summed E-state index contributed by atoms with van der Waals surface area (Å²) in [6, 6.07) is 11.1. The van der Waals surface area contributed by atoms with Gasteiger partial charge in [0.2, 0.25) is 0 Å². The van der Waals surface area contributed by atoms with Crippen molar-refractivity contribution in [2.45, 2.75) is 32.4 Å². The molecule has 2 atom stereocenters. The number of hydrogen-bond acceptors (Lipinski definition) is 3. The number of benzene rings is 1. The van der Waals surface area contributed by atoms with Crippen molar-refractivity contribution in [3.05, 3.63) is 35.9 Å². The van der Waals surface area contributed by atoms with Crippen molar-refractivity contribution >= 4 is 5.96 Å². The molecule has 1 spiro atoms. The maximum Gasteiger partial charge on any atom is 0.193 e. The molecule has 0 bridgehead atoms.